The second kappa shape index (κ2) is 6.95. The third kappa shape index (κ3) is 3.06. The van der Waals surface area contributed by atoms with E-state index in [9.17, 15) is 0 Å². The number of fused-ring (bicyclic) bond motifs is 1. The van der Waals surface area contributed by atoms with Crippen molar-refractivity contribution in [3.05, 3.63) is 96.0 Å². The van der Waals surface area contributed by atoms with Gasteiger partial charge in [-0.2, -0.15) is 0 Å². The van der Waals surface area contributed by atoms with Gasteiger partial charge in [-0.1, -0.05) is 84.4 Å². The molecule has 4 heteroatoms. The highest BCUT2D eigenvalue weighted by Crippen LogP contribution is 2.35. The van der Waals surface area contributed by atoms with Crippen LogP contribution in [0.4, 0.5) is 0 Å². The zero-order valence-electron chi connectivity index (χ0n) is 14.8. The molecule has 2 aromatic heterocycles. The molecule has 2 heterocycles. The molecular formula is C24H15ClN2O. The summed E-state index contributed by atoms with van der Waals surface area (Å²) in [5.41, 5.74) is 4.26. The van der Waals surface area contributed by atoms with Gasteiger partial charge in [0.2, 0.25) is 5.89 Å². The smallest absolute Gasteiger partial charge is 0.246 e. The molecule has 0 saturated carbocycles. The van der Waals surface area contributed by atoms with Gasteiger partial charge in [0.15, 0.2) is 5.76 Å². The van der Waals surface area contributed by atoms with E-state index in [4.69, 9.17) is 26.0 Å². The number of halogens is 1. The molecule has 0 bridgehead atoms. The Balaban J connectivity index is 1.70. The number of pyridine rings is 1. The Morgan fingerprint density at radius 1 is 0.679 bits per heavy atom. The molecule has 134 valence electrons. The lowest BCUT2D eigenvalue weighted by Crippen LogP contribution is -1.86. The summed E-state index contributed by atoms with van der Waals surface area (Å²) >= 11 is 6.13. The molecule has 0 fully saturated rings. The largest absolute Gasteiger partial charge is 0.434 e. The van der Waals surface area contributed by atoms with Crippen LogP contribution < -0.4 is 0 Å². The van der Waals surface area contributed by atoms with E-state index in [2.05, 4.69) is 0 Å². The molecule has 0 atom stereocenters. The second-order valence-electron chi connectivity index (χ2n) is 6.46. The molecule has 0 amide bonds. The summed E-state index contributed by atoms with van der Waals surface area (Å²) in [4.78, 5) is 9.50. The van der Waals surface area contributed by atoms with E-state index in [0.29, 0.717) is 16.6 Å². The molecule has 5 rings (SSSR count). The normalized spacial score (nSPS) is 11.0. The minimum Gasteiger partial charge on any atom is -0.434 e. The van der Waals surface area contributed by atoms with Crippen LogP contribution in [0.5, 0.6) is 0 Å². The van der Waals surface area contributed by atoms with E-state index in [1.165, 1.54) is 0 Å². The number of aromatic nitrogens is 2. The maximum absolute atomic E-state index is 6.21. The van der Waals surface area contributed by atoms with E-state index in [-0.39, 0.29) is 0 Å². The van der Waals surface area contributed by atoms with Crippen LogP contribution in [0.3, 0.4) is 0 Å². The van der Waals surface area contributed by atoms with Gasteiger partial charge in [-0.05, 0) is 18.2 Å². The monoisotopic (exact) mass is 382 g/mol. The number of hydrogen-bond acceptors (Lipinski definition) is 3. The lowest BCUT2D eigenvalue weighted by molar-refractivity contribution is 0.587. The van der Waals surface area contributed by atoms with Crippen molar-refractivity contribution in [3.8, 4) is 34.2 Å². The Labute approximate surface area is 167 Å². The highest BCUT2D eigenvalue weighted by Gasteiger charge is 2.18. The first-order valence-corrected chi connectivity index (χ1v) is 9.34. The Morgan fingerprint density at radius 2 is 1.36 bits per heavy atom. The number of rotatable bonds is 3. The Bertz CT molecular complexity index is 1210. The predicted octanol–water partition coefficient (Wildman–Crippen LogP) is 6.88. The first-order chi connectivity index (χ1) is 13.8. The van der Waals surface area contributed by atoms with Crippen molar-refractivity contribution in [2.24, 2.45) is 0 Å². The van der Waals surface area contributed by atoms with Crippen LogP contribution in [0.1, 0.15) is 0 Å². The molecule has 0 radical (unpaired) electrons. The topological polar surface area (TPSA) is 38.9 Å². The number of oxazole rings is 1. The van der Waals surface area contributed by atoms with E-state index >= 15 is 0 Å². The molecule has 0 aliphatic rings. The van der Waals surface area contributed by atoms with Gasteiger partial charge < -0.3 is 4.42 Å². The number of benzene rings is 3. The van der Waals surface area contributed by atoms with Crippen LogP contribution in [0.25, 0.3) is 45.1 Å². The maximum atomic E-state index is 6.21. The van der Waals surface area contributed by atoms with Crippen LogP contribution in [0.2, 0.25) is 5.02 Å². The van der Waals surface area contributed by atoms with Gasteiger partial charge in [-0.3, -0.25) is 0 Å². The lowest BCUT2D eigenvalue weighted by atomic mass is 10.1. The third-order valence-electron chi connectivity index (χ3n) is 4.58. The van der Waals surface area contributed by atoms with Gasteiger partial charge in [0.1, 0.15) is 11.4 Å². The molecule has 28 heavy (non-hydrogen) atoms. The van der Waals surface area contributed by atoms with Crippen LogP contribution >= 0.6 is 11.6 Å². The third-order valence-corrected chi connectivity index (χ3v) is 4.82. The van der Waals surface area contributed by atoms with Crippen molar-refractivity contribution in [3.63, 3.8) is 0 Å². The van der Waals surface area contributed by atoms with E-state index in [0.717, 1.165) is 33.5 Å². The molecular weight excluding hydrogens is 368 g/mol. The van der Waals surface area contributed by atoms with Crippen molar-refractivity contribution in [2.75, 3.05) is 0 Å². The van der Waals surface area contributed by atoms with Crippen molar-refractivity contribution in [1.82, 2.24) is 9.97 Å². The quantitative estimate of drug-likeness (QED) is 0.341. The molecule has 0 aliphatic carbocycles. The summed E-state index contributed by atoms with van der Waals surface area (Å²) in [6, 6.07) is 29.6. The lowest BCUT2D eigenvalue weighted by Gasteiger charge is -2.01. The molecule has 0 aliphatic heterocycles. The van der Waals surface area contributed by atoms with E-state index < -0.39 is 0 Å². The highest BCUT2D eigenvalue weighted by atomic mass is 35.5. The molecule has 3 nitrogen and oxygen atoms in total. The molecule has 5 aromatic rings. The summed E-state index contributed by atoms with van der Waals surface area (Å²) in [5.74, 6) is 1.22. The summed E-state index contributed by atoms with van der Waals surface area (Å²) in [6.45, 7) is 0. The van der Waals surface area contributed by atoms with Crippen molar-refractivity contribution in [2.45, 2.75) is 0 Å². The summed E-state index contributed by atoms with van der Waals surface area (Å²) in [7, 11) is 0. The molecule has 0 N–H and O–H groups in total. The van der Waals surface area contributed by atoms with Crippen molar-refractivity contribution in [1.29, 1.82) is 0 Å². The molecule has 0 unspecified atom stereocenters. The SMILES string of the molecule is Clc1ccc2ccc(-c3nc(-c4ccccc4)c(-c4ccccc4)o3)nc2c1. The van der Waals surface area contributed by atoms with Gasteiger partial charge in [0.05, 0.1) is 5.52 Å². The van der Waals surface area contributed by atoms with Crippen molar-refractivity contribution >= 4 is 22.5 Å². The average Bonchev–Trinajstić information content (AvgIpc) is 3.20. The van der Waals surface area contributed by atoms with Gasteiger partial charge in [-0.15, -0.1) is 0 Å². The van der Waals surface area contributed by atoms with Crippen LogP contribution in [0.15, 0.2) is 95.4 Å². The number of nitrogens with zero attached hydrogens (tertiary/aromatic N) is 2. The zero-order chi connectivity index (χ0) is 18.9. The first-order valence-electron chi connectivity index (χ1n) is 8.96. The summed E-state index contributed by atoms with van der Waals surface area (Å²) in [6.07, 6.45) is 0. The Kier molecular flexibility index (Phi) is 4.15. The fourth-order valence-corrected chi connectivity index (χ4v) is 3.38. The minimum absolute atomic E-state index is 0.486. The fourth-order valence-electron chi connectivity index (χ4n) is 3.22. The molecule has 3 aromatic carbocycles. The fraction of sp³-hybridized carbons (Fsp3) is 0. The minimum atomic E-state index is 0.486. The van der Waals surface area contributed by atoms with Gasteiger partial charge >= 0.3 is 0 Å². The van der Waals surface area contributed by atoms with Gasteiger partial charge in [-0.25, -0.2) is 9.97 Å². The van der Waals surface area contributed by atoms with Crippen molar-refractivity contribution < 1.29 is 4.42 Å². The van der Waals surface area contributed by atoms with Crippen LogP contribution in [-0.2, 0) is 0 Å². The van der Waals surface area contributed by atoms with E-state index in [1.807, 2.05) is 91.0 Å². The van der Waals surface area contributed by atoms with Gasteiger partial charge in [0, 0.05) is 21.5 Å². The average molecular weight is 383 g/mol. The zero-order valence-corrected chi connectivity index (χ0v) is 15.6. The highest BCUT2D eigenvalue weighted by molar-refractivity contribution is 6.31. The number of hydrogen-bond donors (Lipinski definition) is 0. The first kappa shape index (κ1) is 16.7. The standard InChI is InChI=1S/C24H15ClN2O/c25-19-13-11-16-12-14-20(26-21(16)15-19)24-27-22(17-7-3-1-4-8-17)23(28-24)18-9-5-2-6-10-18/h1-15H. The van der Waals surface area contributed by atoms with E-state index in [1.54, 1.807) is 0 Å². The predicted molar refractivity (Wildman–Crippen MR) is 113 cm³/mol. The van der Waals surface area contributed by atoms with Crippen LogP contribution in [-0.4, -0.2) is 9.97 Å². The molecule has 0 saturated heterocycles. The van der Waals surface area contributed by atoms with Gasteiger partial charge in [0.25, 0.3) is 0 Å². The maximum Gasteiger partial charge on any atom is 0.246 e. The second-order valence-corrected chi connectivity index (χ2v) is 6.90. The Hall–Kier alpha value is -3.43. The molecule has 0 spiro atoms. The summed E-state index contributed by atoms with van der Waals surface area (Å²) < 4.78 is 6.21. The van der Waals surface area contributed by atoms with Crippen LogP contribution in [0, 0.1) is 0 Å². The summed E-state index contributed by atoms with van der Waals surface area (Å²) in [5, 5.41) is 1.67. The Morgan fingerprint density at radius 3 is 2.11 bits per heavy atom.